The number of fused-ring (bicyclic) bond motifs is 1. The molecule has 0 fully saturated rings. The lowest BCUT2D eigenvalue weighted by Crippen LogP contribution is -2.41. The minimum absolute atomic E-state index is 0.292. The van der Waals surface area contributed by atoms with Crippen molar-refractivity contribution in [1.82, 2.24) is 14.9 Å². The van der Waals surface area contributed by atoms with Gasteiger partial charge in [-0.2, -0.15) is 13.2 Å². The molecule has 3 aromatic rings. The molecule has 32 heavy (non-hydrogen) atoms. The second-order valence-corrected chi connectivity index (χ2v) is 8.15. The molecule has 11 heteroatoms. The van der Waals surface area contributed by atoms with Gasteiger partial charge in [-0.3, -0.25) is 4.79 Å². The van der Waals surface area contributed by atoms with Gasteiger partial charge in [-0.25, -0.2) is 4.68 Å². The number of halogens is 3. The van der Waals surface area contributed by atoms with E-state index in [0.717, 1.165) is 23.4 Å². The van der Waals surface area contributed by atoms with Gasteiger partial charge in [-0.05, 0) is 43.7 Å². The van der Waals surface area contributed by atoms with Crippen molar-refractivity contribution in [2.24, 2.45) is 0 Å². The molecular formula is C21H20F3N5O2S. The summed E-state index contributed by atoms with van der Waals surface area (Å²) in [7, 11) is 0. The molecule has 2 atom stereocenters. The van der Waals surface area contributed by atoms with Gasteiger partial charge < -0.3 is 15.5 Å². The van der Waals surface area contributed by atoms with E-state index in [2.05, 4.69) is 20.9 Å². The highest BCUT2D eigenvalue weighted by atomic mass is 32.2. The van der Waals surface area contributed by atoms with Crippen molar-refractivity contribution in [3.63, 3.8) is 0 Å². The first-order valence-corrected chi connectivity index (χ1v) is 10.7. The second kappa shape index (κ2) is 8.73. The highest BCUT2D eigenvalue weighted by molar-refractivity contribution is 8.00. The summed E-state index contributed by atoms with van der Waals surface area (Å²) in [5.41, 5.74) is 2.79. The summed E-state index contributed by atoms with van der Waals surface area (Å²) in [6.45, 7) is 4.16. The van der Waals surface area contributed by atoms with Crippen LogP contribution < -0.4 is 15.5 Å². The maximum absolute atomic E-state index is 13.4. The van der Waals surface area contributed by atoms with E-state index in [0.29, 0.717) is 23.3 Å². The zero-order chi connectivity index (χ0) is 22.9. The Morgan fingerprint density at radius 3 is 2.59 bits per heavy atom. The highest BCUT2D eigenvalue weighted by Gasteiger charge is 2.39. The average Bonchev–Trinajstić information content (AvgIpc) is 3.13. The Bertz CT molecular complexity index is 1120. The highest BCUT2D eigenvalue weighted by Crippen LogP contribution is 2.39. The van der Waals surface area contributed by atoms with Crippen molar-refractivity contribution in [1.29, 1.82) is 0 Å². The van der Waals surface area contributed by atoms with Gasteiger partial charge in [-0.15, -0.1) is 10.2 Å². The van der Waals surface area contributed by atoms with Crippen LogP contribution in [0.3, 0.4) is 0 Å². The Hall–Kier alpha value is -3.21. The Balaban J connectivity index is 1.66. The Morgan fingerprint density at radius 2 is 1.91 bits per heavy atom. The number of alkyl halides is 3. The number of carbonyl (C=O) groups is 1. The lowest BCUT2D eigenvalue weighted by atomic mass is 10.0. The molecule has 2 aromatic carbocycles. The standard InChI is InChI=1S/C21H20F3N5O2S/c1-3-31-14-10-8-13(9-11-14)17-18(32-20-27-26-12(2)29(20)28-17)19(30)25-16-7-5-4-6-15(16)21(22,23)24/h4-11,17-18,28H,3H2,1-2H3,(H,25,30)/t17-,18-/m0/s1. The van der Waals surface area contributed by atoms with E-state index < -0.39 is 28.9 Å². The predicted molar refractivity (Wildman–Crippen MR) is 114 cm³/mol. The number of amides is 1. The second-order valence-electron chi connectivity index (χ2n) is 7.05. The van der Waals surface area contributed by atoms with Crippen molar-refractivity contribution in [2.75, 3.05) is 17.3 Å². The molecular weight excluding hydrogens is 443 g/mol. The van der Waals surface area contributed by atoms with Crippen LogP contribution in [-0.4, -0.2) is 32.6 Å². The molecule has 0 aliphatic carbocycles. The molecule has 7 nitrogen and oxygen atoms in total. The molecule has 2 heterocycles. The number of aromatic nitrogens is 3. The summed E-state index contributed by atoms with van der Waals surface area (Å²) in [6.07, 6.45) is -4.59. The van der Waals surface area contributed by atoms with Crippen LogP contribution in [0.15, 0.2) is 53.7 Å². The topological polar surface area (TPSA) is 81.1 Å². The zero-order valence-corrected chi connectivity index (χ0v) is 18.0. The number of nitrogens with zero attached hydrogens (tertiary/aromatic N) is 3. The maximum Gasteiger partial charge on any atom is 0.418 e. The number of carbonyl (C=O) groups excluding carboxylic acids is 1. The van der Waals surface area contributed by atoms with Gasteiger partial charge in [0.15, 0.2) is 0 Å². The fraction of sp³-hybridized carbons (Fsp3) is 0.286. The van der Waals surface area contributed by atoms with E-state index in [1.54, 1.807) is 23.7 Å². The molecule has 0 spiro atoms. The summed E-state index contributed by atoms with van der Waals surface area (Å²) in [6, 6.07) is 11.6. The van der Waals surface area contributed by atoms with Crippen LogP contribution in [0, 0.1) is 6.92 Å². The van der Waals surface area contributed by atoms with Crippen LogP contribution in [0.5, 0.6) is 5.75 Å². The first kappa shape index (κ1) is 22.0. The third-order valence-electron chi connectivity index (χ3n) is 4.90. The van der Waals surface area contributed by atoms with Gasteiger partial charge in [0.05, 0.1) is 23.9 Å². The van der Waals surface area contributed by atoms with Gasteiger partial charge in [0.2, 0.25) is 11.1 Å². The van der Waals surface area contributed by atoms with Crippen molar-refractivity contribution in [3.05, 3.63) is 65.5 Å². The fourth-order valence-electron chi connectivity index (χ4n) is 3.39. The van der Waals surface area contributed by atoms with E-state index in [4.69, 9.17) is 4.74 Å². The molecule has 0 unspecified atom stereocenters. The van der Waals surface area contributed by atoms with E-state index in [1.165, 1.54) is 18.2 Å². The molecule has 1 amide bonds. The van der Waals surface area contributed by atoms with Crippen LogP contribution in [0.2, 0.25) is 0 Å². The number of hydrogen-bond donors (Lipinski definition) is 2. The molecule has 168 valence electrons. The summed E-state index contributed by atoms with van der Waals surface area (Å²) >= 11 is 1.14. The molecule has 0 bridgehead atoms. The number of thioether (sulfide) groups is 1. The Kier molecular flexibility index (Phi) is 6.00. The SMILES string of the molecule is CCOc1ccc([C@@H]2Nn3c(C)nnc3S[C@@H]2C(=O)Nc2ccccc2C(F)(F)F)cc1. The summed E-state index contributed by atoms with van der Waals surface area (Å²) < 4.78 is 47.3. The minimum atomic E-state index is -4.59. The lowest BCUT2D eigenvalue weighted by Gasteiger charge is -2.33. The van der Waals surface area contributed by atoms with Gasteiger partial charge >= 0.3 is 6.18 Å². The minimum Gasteiger partial charge on any atom is -0.494 e. The smallest absolute Gasteiger partial charge is 0.418 e. The van der Waals surface area contributed by atoms with Gasteiger partial charge in [0.25, 0.3) is 0 Å². The number of benzene rings is 2. The first-order valence-electron chi connectivity index (χ1n) is 9.83. The van der Waals surface area contributed by atoms with Crippen molar-refractivity contribution >= 4 is 23.4 Å². The number of nitrogens with one attached hydrogen (secondary N) is 2. The zero-order valence-electron chi connectivity index (χ0n) is 17.2. The molecule has 0 saturated carbocycles. The Labute approximate surface area is 186 Å². The monoisotopic (exact) mass is 463 g/mol. The van der Waals surface area contributed by atoms with E-state index in [1.807, 2.05) is 19.1 Å². The van der Waals surface area contributed by atoms with Crippen LogP contribution in [0.1, 0.15) is 29.9 Å². The molecule has 0 saturated heterocycles. The first-order chi connectivity index (χ1) is 15.3. The molecule has 1 aliphatic rings. The molecule has 1 aliphatic heterocycles. The van der Waals surface area contributed by atoms with Crippen LogP contribution in [0.25, 0.3) is 0 Å². The quantitative estimate of drug-likeness (QED) is 0.584. The number of ether oxygens (including phenoxy) is 1. The largest absolute Gasteiger partial charge is 0.494 e. The van der Waals surface area contributed by atoms with Crippen LogP contribution in [-0.2, 0) is 11.0 Å². The molecule has 0 radical (unpaired) electrons. The summed E-state index contributed by atoms with van der Waals surface area (Å²) in [4.78, 5) is 13.2. The predicted octanol–water partition coefficient (Wildman–Crippen LogP) is 4.40. The summed E-state index contributed by atoms with van der Waals surface area (Å²) in [5, 5.41) is 10.2. The van der Waals surface area contributed by atoms with Gasteiger partial charge in [-0.1, -0.05) is 36.0 Å². The van der Waals surface area contributed by atoms with Gasteiger partial charge in [0, 0.05) is 0 Å². The number of para-hydroxylation sites is 1. The van der Waals surface area contributed by atoms with Crippen molar-refractivity contribution in [2.45, 2.75) is 36.5 Å². The Morgan fingerprint density at radius 1 is 1.19 bits per heavy atom. The average molecular weight is 463 g/mol. The number of anilines is 1. The van der Waals surface area contributed by atoms with Crippen molar-refractivity contribution in [3.8, 4) is 5.75 Å². The normalized spacial score (nSPS) is 17.9. The third kappa shape index (κ3) is 4.38. The number of aryl methyl sites for hydroxylation is 1. The van der Waals surface area contributed by atoms with Gasteiger partial charge in [0.1, 0.15) is 16.8 Å². The number of rotatable bonds is 5. The molecule has 1 aromatic heterocycles. The van der Waals surface area contributed by atoms with E-state index >= 15 is 0 Å². The van der Waals surface area contributed by atoms with E-state index in [9.17, 15) is 18.0 Å². The van der Waals surface area contributed by atoms with Crippen molar-refractivity contribution < 1.29 is 22.7 Å². The van der Waals surface area contributed by atoms with Crippen LogP contribution in [0.4, 0.5) is 18.9 Å². The third-order valence-corrected chi connectivity index (χ3v) is 6.11. The fourth-order valence-corrected chi connectivity index (χ4v) is 4.52. The number of hydrogen-bond acceptors (Lipinski definition) is 6. The lowest BCUT2D eigenvalue weighted by molar-refractivity contribution is -0.137. The maximum atomic E-state index is 13.4. The van der Waals surface area contributed by atoms with E-state index in [-0.39, 0.29) is 5.69 Å². The van der Waals surface area contributed by atoms with Crippen LogP contribution >= 0.6 is 11.8 Å². The molecule has 2 N–H and O–H groups in total. The summed E-state index contributed by atoms with van der Waals surface area (Å²) in [5.74, 6) is 0.704. The molecule has 4 rings (SSSR count).